The summed E-state index contributed by atoms with van der Waals surface area (Å²) in [6, 6.07) is 7.88. The number of nitrogens with one attached hydrogen (secondary N) is 1. The van der Waals surface area contributed by atoms with Crippen molar-refractivity contribution in [3.63, 3.8) is 0 Å². The number of aromatic nitrogens is 1. The van der Waals surface area contributed by atoms with Gasteiger partial charge in [-0.2, -0.15) is 9.37 Å². The summed E-state index contributed by atoms with van der Waals surface area (Å²) < 4.78 is 44.1. The van der Waals surface area contributed by atoms with Crippen LogP contribution in [0.5, 0.6) is 0 Å². The van der Waals surface area contributed by atoms with Crippen molar-refractivity contribution in [2.24, 2.45) is 0 Å². The number of hydrogen-bond donors (Lipinski definition) is 1. The Labute approximate surface area is 114 Å². The van der Waals surface area contributed by atoms with Gasteiger partial charge < -0.3 is 10.1 Å². The first-order valence-corrected chi connectivity index (χ1v) is 5.92. The lowest BCUT2D eigenvalue weighted by Gasteiger charge is -2.08. The summed E-state index contributed by atoms with van der Waals surface area (Å²) in [5.41, 5.74) is 1.82. The largest absolute Gasteiger partial charge is 0.380 e. The van der Waals surface area contributed by atoms with Crippen LogP contribution in [0, 0.1) is 17.6 Å². The first-order valence-electron chi connectivity index (χ1n) is 5.92. The van der Waals surface area contributed by atoms with Gasteiger partial charge >= 0.3 is 0 Å². The highest BCUT2D eigenvalue weighted by Gasteiger charge is 2.11. The molecule has 3 nitrogen and oxygen atoms in total. The summed E-state index contributed by atoms with van der Waals surface area (Å²) >= 11 is 0. The van der Waals surface area contributed by atoms with Gasteiger partial charge in [-0.3, -0.25) is 0 Å². The van der Waals surface area contributed by atoms with E-state index in [0.717, 1.165) is 11.1 Å². The summed E-state index contributed by atoms with van der Waals surface area (Å²) in [7, 11) is 1.59. The molecular weight excluding hydrogens is 269 g/mol. The Hall–Kier alpha value is -2.08. The van der Waals surface area contributed by atoms with Gasteiger partial charge in [-0.15, -0.1) is 0 Å². The molecule has 106 valence electrons. The van der Waals surface area contributed by atoms with Crippen LogP contribution in [0.3, 0.4) is 0 Å². The summed E-state index contributed by atoms with van der Waals surface area (Å²) in [6.07, 6.45) is 0. The molecule has 1 aromatic carbocycles. The summed E-state index contributed by atoms with van der Waals surface area (Å²) in [5.74, 6) is -3.89. The van der Waals surface area contributed by atoms with Gasteiger partial charge in [0.25, 0.3) is 5.95 Å². The van der Waals surface area contributed by atoms with Gasteiger partial charge in [0, 0.05) is 19.7 Å². The van der Waals surface area contributed by atoms with Gasteiger partial charge in [-0.25, -0.2) is 8.78 Å². The van der Waals surface area contributed by atoms with E-state index in [-0.39, 0.29) is 12.4 Å². The molecule has 0 atom stereocenters. The number of anilines is 1. The van der Waals surface area contributed by atoms with Crippen molar-refractivity contribution >= 4 is 5.82 Å². The molecule has 0 bridgehead atoms. The van der Waals surface area contributed by atoms with Crippen molar-refractivity contribution in [2.75, 3.05) is 12.4 Å². The van der Waals surface area contributed by atoms with Crippen LogP contribution in [-0.2, 0) is 17.9 Å². The lowest BCUT2D eigenvalue weighted by atomic mass is 10.1. The van der Waals surface area contributed by atoms with E-state index in [1.165, 1.54) is 0 Å². The fraction of sp³-hybridized carbons (Fsp3) is 0.214. The quantitative estimate of drug-likeness (QED) is 0.855. The Morgan fingerprint density at radius 3 is 2.60 bits per heavy atom. The second-order valence-corrected chi connectivity index (χ2v) is 4.20. The summed E-state index contributed by atoms with van der Waals surface area (Å²) in [5, 5.41) is 2.63. The standard InChI is InChI=1S/C14H13F3N2O/c1-20-8-10-4-2-3-9(5-10)7-18-14-12(16)6-11(15)13(17)19-14/h2-6H,7-8H2,1H3,(H,18,19). The molecule has 0 aliphatic heterocycles. The fourth-order valence-electron chi connectivity index (χ4n) is 1.75. The number of halogens is 3. The van der Waals surface area contributed by atoms with E-state index in [0.29, 0.717) is 12.7 Å². The van der Waals surface area contributed by atoms with E-state index in [4.69, 9.17) is 4.74 Å². The smallest absolute Gasteiger partial charge is 0.251 e. The Bertz CT molecular complexity index is 605. The molecule has 0 amide bonds. The highest BCUT2D eigenvalue weighted by molar-refractivity contribution is 5.37. The number of benzene rings is 1. The molecule has 1 heterocycles. The lowest BCUT2D eigenvalue weighted by Crippen LogP contribution is -2.06. The van der Waals surface area contributed by atoms with E-state index in [9.17, 15) is 13.2 Å². The van der Waals surface area contributed by atoms with Crippen LogP contribution >= 0.6 is 0 Å². The molecule has 1 aromatic heterocycles. The molecule has 1 N–H and O–H groups in total. The number of pyridine rings is 1. The van der Waals surface area contributed by atoms with Gasteiger partial charge in [-0.1, -0.05) is 24.3 Å². The maximum absolute atomic E-state index is 13.4. The maximum Gasteiger partial charge on any atom is 0.251 e. The lowest BCUT2D eigenvalue weighted by molar-refractivity contribution is 0.185. The Morgan fingerprint density at radius 2 is 1.85 bits per heavy atom. The van der Waals surface area contributed by atoms with Crippen LogP contribution in [0.25, 0.3) is 0 Å². The van der Waals surface area contributed by atoms with Gasteiger partial charge in [0.15, 0.2) is 17.5 Å². The molecule has 0 saturated carbocycles. The highest BCUT2D eigenvalue weighted by atomic mass is 19.2. The van der Waals surface area contributed by atoms with Crippen molar-refractivity contribution in [2.45, 2.75) is 13.2 Å². The second-order valence-electron chi connectivity index (χ2n) is 4.20. The molecule has 0 fully saturated rings. The molecule has 2 aromatic rings. The minimum absolute atomic E-state index is 0.243. The minimum Gasteiger partial charge on any atom is -0.380 e. The maximum atomic E-state index is 13.4. The monoisotopic (exact) mass is 282 g/mol. The fourth-order valence-corrected chi connectivity index (χ4v) is 1.75. The second kappa shape index (κ2) is 6.38. The Morgan fingerprint density at radius 1 is 1.10 bits per heavy atom. The van der Waals surface area contributed by atoms with Crippen molar-refractivity contribution in [3.05, 3.63) is 59.0 Å². The third-order valence-electron chi connectivity index (χ3n) is 2.65. The number of hydrogen-bond acceptors (Lipinski definition) is 3. The average molecular weight is 282 g/mol. The Balaban J connectivity index is 2.08. The van der Waals surface area contributed by atoms with E-state index in [2.05, 4.69) is 10.3 Å². The average Bonchev–Trinajstić information content (AvgIpc) is 2.42. The molecular formula is C14H13F3N2O. The van der Waals surface area contributed by atoms with Crippen molar-refractivity contribution in [1.82, 2.24) is 4.98 Å². The third kappa shape index (κ3) is 3.48. The van der Waals surface area contributed by atoms with Crippen LogP contribution < -0.4 is 5.32 Å². The zero-order valence-electron chi connectivity index (χ0n) is 10.8. The molecule has 0 saturated heterocycles. The van der Waals surface area contributed by atoms with Gasteiger partial charge in [0.2, 0.25) is 0 Å². The SMILES string of the molecule is COCc1cccc(CNc2nc(F)c(F)cc2F)c1. The van der Waals surface area contributed by atoms with Gasteiger partial charge in [-0.05, 0) is 11.1 Å². The van der Waals surface area contributed by atoms with Gasteiger partial charge in [0.1, 0.15) is 0 Å². The summed E-state index contributed by atoms with van der Waals surface area (Å²) in [4.78, 5) is 3.19. The molecule has 2 rings (SSSR count). The van der Waals surface area contributed by atoms with Crippen LogP contribution in [0.15, 0.2) is 30.3 Å². The molecule has 0 spiro atoms. The zero-order valence-corrected chi connectivity index (χ0v) is 10.8. The van der Waals surface area contributed by atoms with Crippen LogP contribution in [0.4, 0.5) is 19.0 Å². The normalized spacial score (nSPS) is 10.6. The van der Waals surface area contributed by atoms with Crippen LogP contribution in [-0.4, -0.2) is 12.1 Å². The zero-order chi connectivity index (χ0) is 14.5. The topological polar surface area (TPSA) is 34.1 Å². The van der Waals surface area contributed by atoms with Crippen LogP contribution in [0.1, 0.15) is 11.1 Å². The van der Waals surface area contributed by atoms with E-state index >= 15 is 0 Å². The predicted octanol–water partition coefficient (Wildman–Crippen LogP) is 3.26. The first kappa shape index (κ1) is 14.3. The van der Waals surface area contributed by atoms with E-state index < -0.39 is 17.6 Å². The van der Waals surface area contributed by atoms with E-state index in [1.807, 2.05) is 24.3 Å². The molecule has 0 radical (unpaired) electrons. The third-order valence-corrected chi connectivity index (χ3v) is 2.65. The minimum atomic E-state index is -1.33. The molecule has 0 aliphatic carbocycles. The van der Waals surface area contributed by atoms with Crippen molar-refractivity contribution < 1.29 is 17.9 Å². The number of rotatable bonds is 5. The number of nitrogens with zero attached hydrogens (tertiary/aromatic N) is 1. The molecule has 0 unspecified atom stereocenters. The van der Waals surface area contributed by atoms with E-state index in [1.54, 1.807) is 7.11 Å². The van der Waals surface area contributed by atoms with Crippen molar-refractivity contribution in [3.8, 4) is 0 Å². The summed E-state index contributed by atoms with van der Waals surface area (Å²) in [6.45, 7) is 0.707. The van der Waals surface area contributed by atoms with Gasteiger partial charge in [0.05, 0.1) is 6.61 Å². The number of ether oxygens (including phenoxy) is 1. The van der Waals surface area contributed by atoms with Crippen LogP contribution in [0.2, 0.25) is 0 Å². The predicted molar refractivity (Wildman–Crippen MR) is 68.6 cm³/mol. The molecule has 6 heteroatoms. The first-order chi connectivity index (χ1) is 9.60. The Kier molecular flexibility index (Phi) is 4.57. The molecule has 20 heavy (non-hydrogen) atoms. The molecule has 0 aliphatic rings. The van der Waals surface area contributed by atoms with Crippen molar-refractivity contribution in [1.29, 1.82) is 0 Å². The number of methoxy groups -OCH3 is 1. The highest BCUT2D eigenvalue weighted by Crippen LogP contribution is 2.15.